The van der Waals surface area contributed by atoms with Crippen LogP contribution in [0.3, 0.4) is 0 Å². The van der Waals surface area contributed by atoms with E-state index in [0.717, 1.165) is 22.9 Å². The Hall–Kier alpha value is -3.22. The van der Waals surface area contributed by atoms with Gasteiger partial charge in [0.1, 0.15) is 10.7 Å². The molecule has 4 rings (SSSR count). The Morgan fingerprint density at radius 3 is 2.46 bits per heavy atom. The molecule has 182 valence electrons. The summed E-state index contributed by atoms with van der Waals surface area (Å²) in [6.45, 7) is -0.282. The molecule has 4 aromatic rings. The molecule has 7 nitrogen and oxygen atoms in total. The lowest BCUT2D eigenvalue weighted by atomic mass is 10.1. The molecule has 35 heavy (non-hydrogen) atoms. The molecular weight excluding hydrogens is 533 g/mol. The second kappa shape index (κ2) is 9.44. The highest BCUT2D eigenvalue weighted by molar-refractivity contribution is 7.92. The summed E-state index contributed by atoms with van der Waals surface area (Å²) in [6, 6.07) is 12.0. The summed E-state index contributed by atoms with van der Waals surface area (Å²) in [7, 11) is -4.45. The van der Waals surface area contributed by atoms with Gasteiger partial charge < -0.3 is 0 Å². The summed E-state index contributed by atoms with van der Waals surface area (Å²) in [5, 5.41) is 10.7. The topological polar surface area (TPSA) is 89.8 Å². The third-order valence-corrected chi connectivity index (χ3v) is 7.19. The molecule has 0 unspecified atom stereocenters. The van der Waals surface area contributed by atoms with Gasteiger partial charge in [-0.25, -0.2) is 17.5 Å². The van der Waals surface area contributed by atoms with E-state index in [1.807, 2.05) is 0 Å². The van der Waals surface area contributed by atoms with E-state index in [1.165, 1.54) is 30.3 Å². The maximum atomic E-state index is 14.3. The van der Waals surface area contributed by atoms with Crippen molar-refractivity contribution in [3.63, 3.8) is 0 Å². The maximum absolute atomic E-state index is 14.3. The van der Waals surface area contributed by atoms with Crippen LogP contribution in [0.4, 0.5) is 23.2 Å². The zero-order valence-electron chi connectivity index (χ0n) is 17.3. The molecule has 0 saturated carbocycles. The van der Waals surface area contributed by atoms with E-state index in [-0.39, 0.29) is 33.5 Å². The summed E-state index contributed by atoms with van der Waals surface area (Å²) < 4.78 is 83.7. The SMILES string of the molecule is O=S(=O)(Nc1cc(C(F)(F)F)ccc1Cn1nnnc1-c1ccccc1F)c1cccc(Cl)c1Cl. The molecule has 0 fully saturated rings. The number of halogens is 6. The fraction of sp³-hybridized carbons (Fsp3) is 0.0952. The van der Waals surface area contributed by atoms with Crippen LogP contribution in [0.25, 0.3) is 11.4 Å². The Labute approximate surface area is 206 Å². The number of tetrazole rings is 1. The van der Waals surface area contributed by atoms with Gasteiger partial charge >= 0.3 is 6.18 Å². The highest BCUT2D eigenvalue weighted by Gasteiger charge is 2.32. The number of nitrogens with zero attached hydrogens (tertiary/aromatic N) is 4. The third kappa shape index (κ3) is 5.24. The van der Waals surface area contributed by atoms with Gasteiger partial charge in [-0.15, -0.1) is 5.10 Å². The molecule has 0 saturated heterocycles. The first kappa shape index (κ1) is 24.9. The van der Waals surface area contributed by atoms with Crippen LogP contribution in [0.2, 0.25) is 10.0 Å². The van der Waals surface area contributed by atoms with Gasteiger partial charge in [-0.1, -0.05) is 47.5 Å². The Morgan fingerprint density at radius 2 is 1.74 bits per heavy atom. The van der Waals surface area contributed by atoms with Gasteiger partial charge in [-0.3, -0.25) is 4.72 Å². The summed E-state index contributed by atoms with van der Waals surface area (Å²) in [6.07, 6.45) is -4.75. The molecule has 0 bridgehead atoms. The van der Waals surface area contributed by atoms with Crippen molar-refractivity contribution in [1.29, 1.82) is 0 Å². The molecule has 0 atom stereocenters. The quantitative estimate of drug-likeness (QED) is 0.316. The summed E-state index contributed by atoms with van der Waals surface area (Å²) >= 11 is 11.9. The predicted molar refractivity (Wildman–Crippen MR) is 121 cm³/mol. The molecule has 1 heterocycles. The van der Waals surface area contributed by atoms with Crippen molar-refractivity contribution in [1.82, 2.24) is 20.2 Å². The van der Waals surface area contributed by atoms with Gasteiger partial charge in [-0.2, -0.15) is 13.2 Å². The van der Waals surface area contributed by atoms with Crippen LogP contribution in [0.5, 0.6) is 0 Å². The second-order valence-corrected chi connectivity index (χ2v) is 9.60. The Kier molecular flexibility index (Phi) is 6.71. The van der Waals surface area contributed by atoms with Crippen LogP contribution in [-0.2, 0) is 22.7 Å². The van der Waals surface area contributed by atoms with E-state index in [2.05, 4.69) is 20.2 Å². The van der Waals surface area contributed by atoms with E-state index in [0.29, 0.717) is 6.07 Å². The van der Waals surface area contributed by atoms with Crippen LogP contribution in [0, 0.1) is 5.82 Å². The van der Waals surface area contributed by atoms with Gasteiger partial charge in [0.05, 0.1) is 33.4 Å². The molecule has 0 aliphatic rings. The van der Waals surface area contributed by atoms with Crippen LogP contribution in [-0.4, -0.2) is 28.6 Å². The first-order chi connectivity index (χ1) is 16.5. The minimum absolute atomic E-state index is 0.00492. The van der Waals surface area contributed by atoms with Gasteiger partial charge in [0.2, 0.25) is 0 Å². The number of anilines is 1. The zero-order valence-corrected chi connectivity index (χ0v) is 19.6. The van der Waals surface area contributed by atoms with Gasteiger partial charge in [0.15, 0.2) is 5.82 Å². The van der Waals surface area contributed by atoms with Gasteiger partial charge in [0, 0.05) is 0 Å². The standard InChI is InChI=1S/C21H13Cl2F4N5O2S/c22-15-5-3-7-18(19(15)23)35(33,34)29-17-10-13(21(25,26)27)9-8-12(17)11-32-20(28-30-31-32)14-4-1-2-6-16(14)24/h1-10,29H,11H2. The molecule has 0 radical (unpaired) electrons. The highest BCUT2D eigenvalue weighted by atomic mass is 35.5. The number of benzene rings is 3. The van der Waals surface area contributed by atoms with E-state index in [4.69, 9.17) is 23.2 Å². The summed E-state index contributed by atoms with van der Waals surface area (Å²) in [5.74, 6) is -0.623. The van der Waals surface area contributed by atoms with Gasteiger partial charge in [-0.05, 0) is 52.4 Å². The van der Waals surface area contributed by atoms with E-state index in [9.17, 15) is 26.0 Å². The Morgan fingerprint density at radius 1 is 1.00 bits per heavy atom. The first-order valence-corrected chi connectivity index (χ1v) is 11.9. The van der Waals surface area contributed by atoms with E-state index in [1.54, 1.807) is 6.07 Å². The monoisotopic (exact) mass is 545 g/mol. The second-order valence-electron chi connectivity index (χ2n) is 7.17. The van der Waals surface area contributed by atoms with Gasteiger partial charge in [0.25, 0.3) is 10.0 Å². The molecule has 0 spiro atoms. The van der Waals surface area contributed by atoms with Crippen molar-refractivity contribution >= 4 is 38.9 Å². The van der Waals surface area contributed by atoms with Crippen LogP contribution in [0.15, 0.2) is 65.6 Å². The summed E-state index contributed by atoms with van der Waals surface area (Å²) in [5.41, 5.74) is -1.37. The molecule has 1 aromatic heterocycles. The molecule has 0 aliphatic carbocycles. The lowest BCUT2D eigenvalue weighted by molar-refractivity contribution is -0.137. The smallest absolute Gasteiger partial charge is 0.279 e. The molecule has 3 aromatic carbocycles. The zero-order chi connectivity index (χ0) is 25.4. The van der Waals surface area contributed by atoms with Crippen molar-refractivity contribution in [2.45, 2.75) is 17.6 Å². The number of hydrogen-bond acceptors (Lipinski definition) is 5. The van der Waals surface area contributed by atoms with Crippen molar-refractivity contribution < 1.29 is 26.0 Å². The van der Waals surface area contributed by atoms with Crippen LogP contribution < -0.4 is 4.72 Å². The molecular formula is C21H13Cl2F4N5O2S. The molecule has 14 heteroatoms. The predicted octanol–water partition coefficient (Wildman–Crippen LogP) is 5.65. The lowest BCUT2D eigenvalue weighted by Gasteiger charge is -2.17. The lowest BCUT2D eigenvalue weighted by Crippen LogP contribution is -2.17. The number of rotatable bonds is 6. The van der Waals surface area contributed by atoms with Crippen molar-refractivity contribution in [2.75, 3.05) is 4.72 Å². The average Bonchev–Trinajstić information content (AvgIpc) is 3.24. The fourth-order valence-corrected chi connectivity index (χ4v) is 5.04. The summed E-state index contributed by atoms with van der Waals surface area (Å²) in [4.78, 5) is -0.426. The number of hydrogen-bond donors (Lipinski definition) is 1. The normalized spacial score (nSPS) is 12.1. The van der Waals surface area contributed by atoms with E-state index >= 15 is 0 Å². The van der Waals surface area contributed by atoms with Crippen molar-refractivity contribution in [2.24, 2.45) is 0 Å². The molecule has 1 N–H and O–H groups in total. The number of nitrogens with one attached hydrogen (secondary N) is 1. The Bertz CT molecular complexity index is 1510. The minimum Gasteiger partial charge on any atom is -0.279 e. The van der Waals surface area contributed by atoms with Crippen molar-refractivity contribution in [3.05, 3.63) is 87.7 Å². The number of alkyl halides is 3. The van der Waals surface area contributed by atoms with Crippen molar-refractivity contribution in [3.8, 4) is 11.4 Å². The minimum atomic E-state index is -4.75. The Balaban J connectivity index is 1.78. The highest BCUT2D eigenvalue weighted by Crippen LogP contribution is 2.35. The fourth-order valence-electron chi connectivity index (χ4n) is 3.18. The van der Waals surface area contributed by atoms with E-state index < -0.39 is 38.2 Å². The number of aromatic nitrogens is 4. The molecule has 0 aliphatic heterocycles. The number of sulfonamides is 1. The van der Waals surface area contributed by atoms with Crippen LogP contribution >= 0.6 is 23.2 Å². The third-order valence-electron chi connectivity index (χ3n) is 4.85. The maximum Gasteiger partial charge on any atom is 0.416 e. The largest absolute Gasteiger partial charge is 0.416 e. The molecule has 0 amide bonds. The average molecular weight is 546 g/mol. The van der Waals surface area contributed by atoms with Crippen LogP contribution in [0.1, 0.15) is 11.1 Å². The first-order valence-electron chi connectivity index (χ1n) is 9.65.